The number of aryl methyl sites for hydroxylation is 1. The van der Waals surface area contributed by atoms with Gasteiger partial charge in [0.25, 0.3) is 0 Å². The van der Waals surface area contributed by atoms with Crippen LogP contribution in [-0.4, -0.2) is 33.8 Å². The van der Waals surface area contributed by atoms with E-state index in [4.69, 9.17) is 0 Å². The fraction of sp³-hybridized carbons (Fsp3) is 0.444. The molecule has 1 atom stereocenters. The van der Waals surface area contributed by atoms with Gasteiger partial charge in [-0.3, -0.25) is 14.4 Å². The molecule has 0 saturated heterocycles. The molecule has 0 saturated carbocycles. The summed E-state index contributed by atoms with van der Waals surface area (Å²) in [7, 11) is 0. The second-order valence-electron chi connectivity index (χ2n) is 9.19. The standard InChI is InChI=1S/C27H35N3O4/c1-6-7-8-9-25(32)30-15-21-13-22(28-19(5)31)11-10-20(21)14-24(30)27(34)29-23-12-16(2)26(33)18(4)17(23)3/h10-13,24,33H,6-9,14-15H2,1-5H3,(H,28,31)(H,29,34)/t24-/m0/s1. The van der Waals surface area contributed by atoms with Crippen molar-refractivity contribution >= 4 is 29.1 Å². The minimum atomic E-state index is -0.637. The minimum absolute atomic E-state index is 0.0426. The number of nitrogens with one attached hydrogen (secondary N) is 2. The number of hydrogen-bond acceptors (Lipinski definition) is 4. The molecule has 1 aliphatic heterocycles. The van der Waals surface area contributed by atoms with Crippen molar-refractivity contribution in [1.82, 2.24) is 4.90 Å². The number of phenols is 1. The van der Waals surface area contributed by atoms with Crippen LogP contribution in [0.15, 0.2) is 24.3 Å². The molecule has 0 aromatic heterocycles. The lowest BCUT2D eigenvalue weighted by atomic mass is 9.92. The molecule has 182 valence electrons. The summed E-state index contributed by atoms with van der Waals surface area (Å²) >= 11 is 0. The van der Waals surface area contributed by atoms with E-state index in [1.807, 2.05) is 32.0 Å². The maximum atomic E-state index is 13.5. The predicted molar refractivity (Wildman–Crippen MR) is 134 cm³/mol. The van der Waals surface area contributed by atoms with E-state index in [1.165, 1.54) is 6.92 Å². The molecule has 3 amide bonds. The van der Waals surface area contributed by atoms with E-state index in [0.717, 1.165) is 41.5 Å². The third-order valence-electron chi connectivity index (χ3n) is 6.59. The second-order valence-corrected chi connectivity index (χ2v) is 9.19. The first-order valence-corrected chi connectivity index (χ1v) is 11.9. The lowest BCUT2D eigenvalue weighted by Gasteiger charge is -2.36. The molecule has 0 aliphatic carbocycles. The number of unbranched alkanes of at least 4 members (excludes halogenated alkanes) is 2. The summed E-state index contributed by atoms with van der Waals surface area (Å²) in [5, 5.41) is 16.0. The van der Waals surface area contributed by atoms with E-state index in [9.17, 15) is 19.5 Å². The number of benzene rings is 2. The molecule has 0 unspecified atom stereocenters. The molecule has 0 fully saturated rings. The molecule has 3 rings (SSSR count). The Hall–Kier alpha value is -3.35. The molecule has 1 aliphatic rings. The van der Waals surface area contributed by atoms with Crippen molar-refractivity contribution in [3.8, 4) is 5.75 Å². The number of anilines is 2. The Morgan fingerprint density at radius 3 is 2.44 bits per heavy atom. The maximum Gasteiger partial charge on any atom is 0.247 e. The summed E-state index contributed by atoms with van der Waals surface area (Å²) in [5.74, 6) is -0.216. The molecule has 7 nitrogen and oxygen atoms in total. The van der Waals surface area contributed by atoms with E-state index in [2.05, 4.69) is 17.6 Å². The van der Waals surface area contributed by atoms with Crippen molar-refractivity contribution < 1.29 is 19.5 Å². The van der Waals surface area contributed by atoms with Gasteiger partial charge in [0.2, 0.25) is 17.7 Å². The molecule has 34 heavy (non-hydrogen) atoms. The van der Waals surface area contributed by atoms with E-state index < -0.39 is 6.04 Å². The van der Waals surface area contributed by atoms with Crippen LogP contribution in [0.2, 0.25) is 0 Å². The van der Waals surface area contributed by atoms with Crippen molar-refractivity contribution in [2.45, 2.75) is 79.3 Å². The number of carbonyl (C=O) groups excluding carboxylic acids is 3. The number of nitrogens with zero attached hydrogens (tertiary/aromatic N) is 1. The number of fused-ring (bicyclic) bond motifs is 1. The number of aromatic hydroxyl groups is 1. The number of carbonyl (C=O) groups is 3. The molecule has 0 bridgehead atoms. The highest BCUT2D eigenvalue weighted by Crippen LogP contribution is 2.32. The molecule has 1 heterocycles. The summed E-state index contributed by atoms with van der Waals surface area (Å²) in [6.45, 7) is 9.34. The first kappa shape index (κ1) is 25.3. The largest absolute Gasteiger partial charge is 0.507 e. The van der Waals surface area contributed by atoms with E-state index >= 15 is 0 Å². The monoisotopic (exact) mass is 465 g/mol. The first-order valence-electron chi connectivity index (χ1n) is 11.9. The number of hydrogen-bond donors (Lipinski definition) is 3. The van der Waals surface area contributed by atoms with Gasteiger partial charge in [0.05, 0.1) is 0 Å². The third-order valence-corrected chi connectivity index (χ3v) is 6.59. The Bertz CT molecular complexity index is 1110. The highest BCUT2D eigenvalue weighted by molar-refractivity contribution is 5.98. The van der Waals surface area contributed by atoms with E-state index in [1.54, 1.807) is 17.9 Å². The van der Waals surface area contributed by atoms with E-state index in [0.29, 0.717) is 36.3 Å². The Morgan fingerprint density at radius 1 is 1.03 bits per heavy atom. The average molecular weight is 466 g/mol. The van der Waals surface area contributed by atoms with Crippen LogP contribution in [0.1, 0.15) is 67.3 Å². The van der Waals surface area contributed by atoms with Gasteiger partial charge in [-0.2, -0.15) is 0 Å². The van der Waals surface area contributed by atoms with Crippen molar-refractivity contribution in [2.24, 2.45) is 0 Å². The number of amides is 3. The van der Waals surface area contributed by atoms with Crippen LogP contribution in [0.25, 0.3) is 0 Å². The van der Waals surface area contributed by atoms with Gasteiger partial charge in [0.15, 0.2) is 0 Å². The lowest BCUT2D eigenvalue weighted by molar-refractivity contribution is -0.140. The van der Waals surface area contributed by atoms with Crippen molar-refractivity contribution in [3.05, 3.63) is 52.1 Å². The predicted octanol–water partition coefficient (Wildman–Crippen LogP) is 4.75. The molecular formula is C27H35N3O4. The van der Waals surface area contributed by atoms with Crippen LogP contribution in [-0.2, 0) is 27.3 Å². The maximum absolute atomic E-state index is 13.5. The topological polar surface area (TPSA) is 98.7 Å². The average Bonchev–Trinajstić information content (AvgIpc) is 2.79. The van der Waals surface area contributed by atoms with Crippen LogP contribution < -0.4 is 10.6 Å². The Labute approximate surface area is 201 Å². The fourth-order valence-electron chi connectivity index (χ4n) is 4.45. The SMILES string of the molecule is CCCCCC(=O)N1Cc2cc(NC(C)=O)ccc2C[C@H]1C(=O)Nc1cc(C)c(O)c(C)c1C. The van der Waals surface area contributed by atoms with Crippen LogP contribution in [0, 0.1) is 20.8 Å². The van der Waals surface area contributed by atoms with Gasteiger partial charge in [0, 0.05) is 37.7 Å². The molecule has 7 heteroatoms. The zero-order valence-electron chi connectivity index (χ0n) is 20.7. The van der Waals surface area contributed by atoms with Crippen molar-refractivity contribution in [2.75, 3.05) is 10.6 Å². The van der Waals surface area contributed by atoms with Crippen molar-refractivity contribution in [1.29, 1.82) is 0 Å². The van der Waals surface area contributed by atoms with Gasteiger partial charge in [-0.1, -0.05) is 25.8 Å². The highest BCUT2D eigenvalue weighted by Gasteiger charge is 2.35. The lowest BCUT2D eigenvalue weighted by Crippen LogP contribution is -2.50. The minimum Gasteiger partial charge on any atom is -0.507 e. The molecule has 0 radical (unpaired) electrons. The summed E-state index contributed by atoms with van der Waals surface area (Å²) in [4.78, 5) is 39.8. The zero-order chi connectivity index (χ0) is 25.0. The Kier molecular flexibility index (Phi) is 7.97. The van der Waals surface area contributed by atoms with Gasteiger partial charge < -0.3 is 20.6 Å². The van der Waals surface area contributed by atoms with Crippen LogP contribution in [0.5, 0.6) is 5.75 Å². The van der Waals surface area contributed by atoms with Gasteiger partial charge in [0.1, 0.15) is 11.8 Å². The molecular weight excluding hydrogens is 430 g/mol. The quantitative estimate of drug-likeness (QED) is 0.406. The molecule has 2 aromatic rings. The smallest absolute Gasteiger partial charge is 0.247 e. The van der Waals surface area contributed by atoms with Gasteiger partial charge >= 0.3 is 0 Å². The Balaban J connectivity index is 1.90. The zero-order valence-corrected chi connectivity index (χ0v) is 20.7. The summed E-state index contributed by atoms with van der Waals surface area (Å²) in [6.07, 6.45) is 3.56. The molecule has 3 N–H and O–H groups in total. The van der Waals surface area contributed by atoms with E-state index in [-0.39, 0.29) is 23.5 Å². The van der Waals surface area contributed by atoms with Crippen LogP contribution in [0.4, 0.5) is 11.4 Å². The van der Waals surface area contributed by atoms with Crippen LogP contribution >= 0.6 is 0 Å². The fourth-order valence-corrected chi connectivity index (χ4v) is 4.45. The molecule has 0 spiro atoms. The summed E-state index contributed by atoms with van der Waals surface area (Å²) in [6, 6.07) is 6.75. The normalized spacial score (nSPS) is 15.0. The van der Waals surface area contributed by atoms with Gasteiger partial charge in [-0.25, -0.2) is 0 Å². The first-order chi connectivity index (χ1) is 16.1. The van der Waals surface area contributed by atoms with Crippen molar-refractivity contribution in [3.63, 3.8) is 0 Å². The third kappa shape index (κ3) is 5.58. The van der Waals surface area contributed by atoms with Gasteiger partial charge in [-0.15, -0.1) is 0 Å². The summed E-state index contributed by atoms with van der Waals surface area (Å²) < 4.78 is 0. The number of phenolic OH excluding ortho intramolecular Hbond substituents is 1. The number of rotatable bonds is 7. The summed E-state index contributed by atoms with van der Waals surface area (Å²) in [5.41, 5.74) is 5.45. The molecule has 2 aromatic carbocycles. The van der Waals surface area contributed by atoms with Crippen LogP contribution in [0.3, 0.4) is 0 Å². The highest BCUT2D eigenvalue weighted by atomic mass is 16.3. The second kappa shape index (κ2) is 10.7. The Morgan fingerprint density at radius 2 is 1.76 bits per heavy atom. The van der Waals surface area contributed by atoms with Gasteiger partial charge in [-0.05, 0) is 73.2 Å².